The van der Waals surface area contributed by atoms with Crippen molar-refractivity contribution in [3.8, 4) is 0 Å². The van der Waals surface area contributed by atoms with E-state index in [1.807, 2.05) is 13.0 Å². The highest BCUT2D eigenvalue weighted by Gasteiger charge is 2.28. The highest BCUT2D eigenvalue weighted by Crippen LogP contribution is 2.30. The second-order valence-electron chi connectivity index (χ2n) is 5.60. The molecule has 1 saturated carbocycles. The van der Waals surface area contributed by atoms with Crippen LogP contribution in [0.4, 0.5) is 5.69 Å². The van der Waals surface area contributed by atoms with Gasteiger partial charge in [0.05, 0.1) is 4.90 Å². The van der Waals surface area contributed by atoms with E-state index in [4.69, 9.17) is 0 Å². The first-order chi connectivity index (χ1) is 9.06. The summed E-state index contributed by atoms with van der Waals surface area (Å²) >= 11 is 0. The summed E-state index contributed by atoms with van der Waals surface area (Å²) in [4.78, 5) is 0.367. The first-order valence-electron chi connectivity index (χ1n) is 6.95. The Balaban J connectivity index is 1.79. The van der Waals surface area contributed by atoms with Gasteiger partial charge in [-0.3, -0.25) is 0 Å². The van der Waals surface area contributed by atoms with E-state index in [2.05, 4.69) is 10.0 Å². The molecule has 19 heavy (non-hydrogen) atoms. The van der Waals surface area contributed by atoms with Crippen LogP contribution in [-0.2, 0) is 16.4 Å². The standard InChI is InChI=1S/C14H20N2O2S/c1-10(11-3-2-4-11)16-19(17,18)13-6-5-12-7-8-15-14(12)9-13/h5-6,9-11,15-16H,2-4,7-8H2,1H3. The molecule has 0 radical (unpaired) electrons. The molecule has 5 heteroatoms. The number of nitrogens with one attached hydrogen (secondary N) is 2. The van der Waals surface area contributed by atoms with E-state index in [-0.39, 0.29) is 6.04 Å². The van der Waals surface area contributed by atoms with Gasteiger partial charge < -0.3 is 5.32 Å². The molecule has 0 amide bonds. The zero-order valence-corrected chi connectivity index (χ0v) is 12.0. The lowest BCUT2D eigenvalue weighted by Gasteiger charge is -2.31. The number of rotatable bonds is 4. The molecule has 1 aliphatic carbocycles. The van der Waals surface area contributed by atoms with Crippen LogP contribution in [0, 0.1) is 5.92 Å². The third-order valence-electron chi connectivity index (χ3n) is 4.30. The number of fused-ring (bicyclic) bond motifs is 1. The van der Waals surface area contributed by atoms with Crippen molar-refractivity contribution in [1.82, 2.24) is 4.72 Å². The number of hydrogen-bond donors (Lipinski definition) is 2. The Morgan fingerprint density at radius 1 is 1.37 bits per heavy atom. The van der Waals surface area contributed by atoms with Gasteiger partial charge in [0.25, 0.3) is 0 Å². The van der Waals surface area contributed by atoms with Gasteiger partial charge in [0, 0.05) is 18.3 Å². The molecule has 0 bridgehead atoms. The van der Waals surface area contributed by atoms with Gasteiger partial charge in [0.1, 0.15) is 0 Å². The Bertz CT molecular complexity index is 579. The van der Waals surface area contributed by atoms with Gasteiger partial charge in [-0.25, -0.2) is 13.1 Å². The highest BCUT2D eigenvalue weighted by atomic mass is 32.2. The van der Waals surface area contributed by atoms with Crippen molar-refractivity contribution < 1.29 is 8.42 Å². The molecule has 1 unspecified atom stereocenters. The lowest BCUT2D eigenvalue weighted by Crippen LogP contribution is -2.40. The van der Waals surface area contributed by atoms with Gasteiger partial charge in [0.2, 0.25) is 10.0 Å². The van der Waals surface area contributed by atoms with Gasteiger partial charge in [-0.05, 0) is 49.8 Å². The first kappa shape index (κ1) is 12.9. The van der Waals surface area contributed by atoms with E-state index in [9.17, 15) is 8.42 Å². The predicted molar refractivity (Wildman–Crippen MR) is 75.8 cm³/mol. The Morgan fingerprint density at radius 2 is 2.16 bits per heavy atom. The Hall–Kier alpha value is -1.07. The Kier molecular flexibility index (Phi) is 3.27. The number of sulfonamides is 1. The lowest BCUT2D eigenvalue weighted by molar-refractivity contribution is 0.260. The summed E-state index contributed by atoms with van der Waals surface area (Å²) in [6, 6.07) is 5.40. The minimum atomic E-state index is -3.39. The second kappa shape index (κ2) is 4.80. The summed E-state index contributed by atoms with van der Waals surface area (Å²) in [5, 5.41) is 3.22. The van der Waals surface area contributed by atoms with Gasteiger partial charge in [0.15, 0.2) is 0 Å². The molecule has 2 N–H and O–H groups in total. The summed E-state index contributed by atoms with van der Waals surface area (Å²) in [5.74, 6) is 0.502. The van der Waals surface area contributed by atoms with Crippen molar-refractivity contribution in [2.24, 2.45) is 5.92 Å². The van der Waals surface area contributed by atoms with Crippen LogP contribution in [0.1, 0.15) is 31.7 Å². The first-order valence-corrected chi connectivity index (χ1v) is 8.44. The van der Waals surface area contributed by atoms with Crippen LogP contribution >= 0.6 is 0 Å². The summed E-state index contributed by atoms with van der Waals surface area (Å²) < 4.78 is 27.5. The molecular weight excluding hydrogens is 260 g/mol. The maximum Gasteiger partial charge on any atom is 0.240 e. The van der Waals surface area contributed by atoms with Crippen LogP contribution in [0.25, 0.3) is 0 Å². The van der Waals surface area contributed by atoms with Crippen molar-refractivity contribution in [3.05, 3.63) is 23.8 Å². The molecule has 3 rings (SSSR count). The maximum absolute atomic E-state index is 12.3. The third kappa shape index (κ3) is 2.49. The molecule has 1 fully saturated rings. The second-order valence-corrected chi connectivity index (χ2v) is 7.31. The molecule has 1 aliphatic heterocycles. The molecule has 2 aliphatic rings. The van der Waals surface area contributed by atoms with Crippen molar-refractivity contribution in [2.45, 2.75) is 43.5 Å². The highest BCUT2D eigenvalue weighted by molar-refractivity contribution is 7.89. The van der Waals surface area contributed by atoms with Crippen molar-refractivity contribution in [3.63, 3.8) is 0 Å². The van der Waals surface area contributed by atoms with Crippen LogP contribution in [0.5, 0.6) is 0 Å². The van der Waals surface area contributed by atoms with E-state index in [0.717, 1.165) is 31.5 Å². The average molecular weight is 280 g/mol. The minimum absolute atomic E-state index is 0.0277. The largest absolute Gasteiger partial charge is 0.384 e. The molecule has 0 spiro atoms. The summed E-state index contributed by atoms with van der Waals surface area (Å²) in [6.07, 6.45) is 4.46. The molecule has 1 heterocycles. The Morgan fingerprint density at radius 3 is 2.84 bits per heavy atom. The summed E-state index contributed by atoms with van der Waals surface area (Å²) in [5.41, 5.74) is 2.16. The molecule has 1 aromatic carbocycles. The van der Waals surface area contributed by atoms with E-state index in [1.165, 1.54) is 12.0 Å². The maximum atomic E-state index is 12.3. The average Bonchev–Trinajstić information content (AvgIpc) is 2.72. The Labute approximate surface area is 114 Å². The molecule has 4 nitrogen and oxygen atoms in total. The zero-order chi connectivity index (χ0) is 13.5. The van der Waals surface area contributed by atoms with Gasteiger partial charge in [-0.1, -0.05) is 12.5 Å². The van der Waals surface area contributed by atoms with E-state index in [1.54, 1.807) is 12.1 Å². The van der Waals surface area contributed by atoms with Crippen LogP contribution in [0.2, 0.25) is 0 Å². The van der Waals surface area contributed by atoms with E-state index in [0.29, 0.717) is 10.8 Å². The van der Waals surface area contributed by atoms with Crippen molar-refractivity contribution in [1.29, 1.82) is 0 Å². The van der Waals surface area contributed by atoms with Crippen LogP contribution in [0.15, 0.2) is 23.1 Å². The molecule has 104 valence electrons. The molecular formula is C14H20N2O2S. The fraction of sp³-hybridized carbons (Fsp3) is 0.571. The lowest BCUT2D eigenvalue weighted by atomic mass is 9.81. The van der Waals surface area contributed by atoms with Crippen molar-refractivity contribution >= 4 is 15.7 Å². The normalized spacial score (nSPS) is 20.5. The predicted octanol–water partition coefficient (Wildman–Crippen LogP) is 2.12. The van der Waals surface area contributed by atoms with Crippen molar-refractivity contribution in [2.75, 3.05) is 11.9 Å². The molecule has 0 saturated heterocycles. The SMILES string of the molecule is CC(NS(=O)(=O)c1ccc2c(c1)NCC2)C1CCC1. The third-order valence-corrected chi connectivity index (χ3v) is 5.86. The molecule has 1 atom stereocenters. The summed E-state index contributed by atoms with van der Waals surface area (Å²) in [7, 11) is -3.39. The fourth-order valence-corrected chi connectivity index (χ4v) is 4.12. The topological polar surface area (TPSA) is 58.2 Å². The monoisotopic (exact) mass is 280 g/mol. The number of hydrogen-bond acceptors (Lipinski definition) is 3. The number of benzene rings is 1. The van der Waals surface area contributed by atoms with Crippen LogP contribution < -0.4 is 10.0 Å². The van der Waals surface area contributed by atoms with Gasteiger partial charge in [-0.15, -0.1) is 0 Å². The fourth-order valence-electron chi connectivity index (χ4n) is 2.79. The van der Waals surface area contributed by atoms with E-state index < -0.39 is 10.0 Å². The zero-order valence-electron chi connectivity index (χ0n) is 11.1. The quantitative estimate of drug-likeness (QED) is 0.888. The van der Waals surface area contributed by atoms with Gasteiger partial charge in [-0.2, -0.15) is 0 Å². The van der Waals surface area contributed by atoms with Crippen LogP contribution in [-0.4, -0.2) is 21.0 Å². The molecule has 0 aromatic heterocycles. The van der Waals surface area contributed by atoms with Crippen LogP contribution in [0.3, 0.4) is 0 Å². The molecule has 1 aromatic rings. The van der Waals surface area contributed by atoms with Gasteiger partial charge >= 0.3 is 0 Å². The minimum Gasteiger partial charge on any atom is -0.384 e. The smallest absolute Gasteiger partial charge is 0.240 e. The number of anilines is 1. The summed E-state index contributed by atoms with van der Waals surface area (Å²) in [6.45, 7) is 2.86. The van der Waals surface area contributed by atoms with E-state index >= 15 is 0 Å².